The number of methoxy groups -OCH3 is 3. The second kappa shape index (κ2) is 8.90. The molecule has 0 amide bonds. The SMILES string of the molecule is COc1ccc(C2CC(O)(CCc3ccccc3)c3c(OC)cc(OC)cc3O2)cc1. The van der Waals surface area contributed by atoms with Crippen LogP contribution in [0, 0.1) is 0 Å². The zero-order valence-electron chi connectivity index (χ0n) is 18.1. The van der Waals surface area contributed by atoms with Crippen LogP contribution in [0.2, 0.25) is 0 Å². The van der Waals surface area contributed by atoms with E-state index in [4.69, 9.17) is 18.9 Å². The minimum Gasteiger partial charge on any atom is -0.497 e. The highest BCUT2D eigenvalue weighted by atomic mass is 16.5. The second-order valence-electron chi connectivity index (χ2n) is 7.80. The summed E-state index contributed by atoms with van der Waals surface area (Å²) >= 11 is 0. The van der Waals surface area contributed by atoms with Gasteiger partial charge in [0.05, 0.1) is 26.9 Å². The van der Waals surface area contributed by atoms with Crippen molar-refractivity contribution in [2.75, 3.05) is 21.3 Å². The molecule has 5 nitrogen and oxygen atoms in total. The number of rotatable bonds is 7. The Hall–Kier alpha value is -3.18. The monoisotopic (exact) mass is 420 g/mol. The molecule has 1 aliphatic heterocycles. The topological polar surface area (TPSA) is 57.2 Å². The summed E-state index contributed by atoms with van der Waals surface area (Å²) in [6.07, 6.45) is 1.39. The number of benzene rings is 3. The van der Waals surface area contributed by atoms with Gasteiger partial charge in [0.1, 0.15) is 34.7 Å². The number of aliphatic hydroxyl groups is 1. The average Bonchev–Trinajstić information content (AvgIpc) is 2.82. The van der Waals surface area contributed by atoms with Crippen LogP contribution in [0.5, 0.6) is 23.0 Å². The third-order valence-corrected chi connectivity index (χ3v) is 5.91. The Balaban J connectivity index is 1.74. The first-order chi connectivity index (χ1) is 15.1. The van der Waals surface area contributed by atoms with E-state index in [1.807, 2.05) is 48.5 Å². The van der Waals surface area contributed by atoms with Gasteiger partial charge >= 0.3 is 0 Å². The Morgan fingerprint density at radius 1 is 0.903 bits per heavy atom. The van der Waals surface area contributed by atoms with Crippen LogP contribution in [0.15, 0.2) is 66.7 Å². The predicted molar refractivity (Wildman–Crippen MR) is 119 cm³/mol. The first-order valence-corrected chi connectivity index (χ1v) is 10.4. The molecule has 1 aliphatic rings. The predicted octanol–water partition coefficient (Wildman–Crippen LogP) is 5.06. The van der Waals surface area contributed by atoms with Crippen LogP contribution in [-0.2, 0) is 12.0 Å². The highest BCUT2D eigenvalue weighted by Gasteiger charge is 2.43. The van der Waals surface area contributed by atoms with E-state index in [9.17, 15) is 5.11 Å². The van der Waals surface area contributed by atoms with E-state index in [0.717, 1.165) is 17.7 Å². The Bertz CT molecular complexity index is 1020. The lowest BCUT2D eigenvalue weighted by Crippen LogP contribution is -2.35. The molecule has 3 aromatic rings. The van der Waals surface area contributed by atoms with E-state index < -0.39 is 5.60 Å². The third-order valence-electron chi connectivity index (χ3n) is 5.91. The van der Waals surface area contributed by atoms with Crippen LogP contribution in [0.1, 0.15) is 35.6 Å². The van der Waals surface area contributed by atoms with E-state index in [-0.39, 0.29) is 6.10 Å². The molecule has 2 atom stereocenters. The van der Waals surface area contributed by atoms with Gasteiger partial charge in [0.2, 0.25) is 0 Å². The normalized spacial score (nSPS) is 19.8. The van der Waals surface area contributed by atoms with Crippen LogP contribution >= 0.6 is 0 Å². The molecule has 0 fully saturated rings. The van der Waals surface area contributed by atoms with Gasteiger partial charge in [0.25, 0.3) is 0 Å². The summed E-state index contributed by atoms with van der Waals surface area (Å²) in [5.74, 6) is 2.55. The Kier molecular flexibility index (Phi) is 6.05. The van der Waals surface area contributed by atoms with Crippen molar-refractivity contribution in [1.82, 2.24) is 0 Å². The first-order valence-electron chi connectivity index (χ1n) is 10.4. The van der Waals surface area contributed by atoms with Crippen LogP contribution in [0.4, 0.5) is 0 Å². The van der Waals surface area contributed by atoms with Crippen LogP contribution in [-0.4, -0.2) is 26.4 Å². The third kappa shape index (κ3) is 4.32. The van der Waals surface area contributed by atoms with Crippen molar-refractivity contribution in [3.05, 3.63) is 83.4 Å². The molecule has 31 heavy (non-hydrogen) atoms. The van der Waals surface area contributed by atoms with Crippen molar-refractivity contribution in [1.29, 1.82) is 0 Å². The quantitative estimate of drug-likeness (QED) is 0.579. The smallest absolute Gasteiger partial charge is 0.133 e. The molecule has 0 saturated heterocycles. The van der Waals surface area contributed by atoms with Crippen LogP contribution in [0.3, 0.4) is 0 Å². The Morgan fingerprint density at radius 2 is 1.61 bits per heavy atom. The highest BCUT2D eigenvalue weighted by Crippen LogP contribution is 2.52. The molecule has 0 aromatic heterocycles. The largest absolute Gasteiger partial charge is 0.497 e. The van der Waals surface area contributed by atoms with Gasteiger partial charge in [-0.25, -0.2) is 0 Å². The van der Waals surface area contributed by atoms with Crippen molar-refractivity contribution in [3.63, 3.8) is 0 Å². The molecule has 5 heteroatoms. The van der Waals surface area contributed by atoms with Crippen LogP contribution in [0.25, 0.3) is 0 Å². The maximum atomic E-state index is 12.0. The minimum atomic E-state index is -1.12. The van der Waals surface area contributed by atoms with Gasteiger partial charge in [0, 0.05) is 18.6 Å². The van der Waals surface area contributed by atoms with Crippen molar-refractivity contribution in [2.45, 2.75) is 31.0 Å². The Morgan fingerprint density at radius 3 is 2.26 bits per heavy atom. The molecular formula is C26H28O5. The molecular weight excluding hydrogens is 392 g/mol. The van der Waals surface area contributed by atoms with Gasteiger partial charge in [-0.1, -0.05) is 42.5 Å². The van der Waals surface area contributed by atoms with E-state index >= 15 is 0 Å². The fourth-order valence-corrected chi connectivity index (χ4v) is 4.23. The van der Waals surface area contributed by atoms with Gasteiger partial charge in [-0.3, -0.25) is 0 Å². The van der Waals surface area contributed by atoms with E-state index in [1.165, 1.54) is 5.56 Å². The summed E-state index contributed by atoms with van der Waals surface area (Å²) in [4.78, 5) is 0. The molecule has 162 valence electrons. The first kappa shape index (κ1) is 21.1. The van der Waals surface area contributed by atoms with Crippen molar-refractivity contribution < 1.29 is 24.1 Å². The van der Waals surface area contributed by atoms with E-state index in [2.05, 4.69) is 12.1 Å². The number of hydrogen-bond acceptors (Lipinski definition) is 5. The maximum absolute atomic E-state index is 12.0. The van der Waals surface area contributed by atoms with Gasteiger partial charge in [0.15, 0.2) is 0 Å². The standard InChI is InChI=1S/C26H28O5/c1-28-20-11-9-19(10-12-20)24-17-26(27,14-13-18-7-5-4-6-8-18)25-22(30-3)15-21(29-2)16-23(25)31-24/h4-12,15-16,24,27H,13-14,17H2,1-3H3. The summed E-state index contributed by atoms with van der Waals surface area (Å²) in [6.45, 7) is 0. The molecule has 3 aromatic carbocycles. The molecule has 1 N–H and O–H groups in total. The molecule has 1 heterocycles. The molecule has 2 unspecified atom stereocenters. The molecule has 0 spiro atoms. The van der Waals surface area contributed by atoms with Gasteiger partial charge in [-0.05, 0) is 36.1 Å². The highest BCUT2D eigenvalue weighted by molar-refractivity contribution is 5.55. The lowest BCUT2D eigenvalue weighted by atomic mass is 9.79. The average molecular weight is 421 g/mol. The summed E-state index contributed by atoms with van der Waals surface area (Å²) in [6, 6.07) is 21.6. The molecule has 0 bridgehead atoms. The fourth-order valence-electron chi connectivity index (χ4n) is 4.23. The second-order valence-corrected chi connectivity index (χ2v) is 7.80. The van der Waals surface area contributed by atoms with E-state index in [0.29, 0.717) is 35.7 Å². The van der Waals surface area contributed by atoms with Gasteiger partial charge in [-0.15, -0.1) is 0 Å². The zero-order valence-corrected chi connectivity index (χ0v) is 18.1. The fraction of sp³-hybridized carbons (Fsp3) is 0.308. The zero-order chi connectivity index (χ0) is 21.8. The number of aryl methyl sites for hydroxylation is 1. The summed E-state index contributed by atoms with van der Waals surface area (Å²) in [7, 11) is 4.85. The Labute approximate surface area is 183 Å². The molecule has 4 rings (SSSR count). The summed E-state index contributed by atoms with van der Waals surface area (Å²) in [5, 5.41) is 12.0. The lowest BCUT2D eigenvalue weighted by Gasteiger charge is -2.40. The molecule has 0 aliphatic carbocycles. The number of ether oxygens (including phenoxy) is 4. The molecule has 0 saturated carbocycles. The molecule has 0 radical (unpaired) electrons. The van der Waals surface area contributed by atoms with Crippen molar-refractivity contribution >= 4 is 0 Å². The number of hydrogen-bond donors (Lipinski definition) is 1. The van der Waals surface area contributed by atoms with Gasteiger partial charge in [-0.2, -0.15) is 0 Å². The van der Waals surface area contributed by atoms with Crippen molar-refractivity contribution in [3.8, 4) is 23.0 Å². The summed E-state index contributed by atoms with van der Waals surface area (Å²) < 4.78 is 22.7. The van der Waals surface area contributed by atoms with Gasteiger partial charge < -0.3 is 24.1 Å². The lowest BCUT2D eigenvalue weighted by molar-refractivity contribution is -0.0398. The van der Waals surface area contributed by atoms with Crippen molar-refractivity contribution in [2.24, 2.45) is 0 Å². The minimum absolute atomic E-state index is 0.309. The summed E-state index contributed by atoms with van der Waals surface area (Å²) in [5.41, 5.74) is 1.71. The van der Waals surface area contributed by atoms with E-state index in [1.54, 1.807) is 27.4 Å². The van der Waals surface area contributed by atoms with Crippen LogP contribution < -0.4 is 18.9 Å². The maximum Gasteiger partial charge on any atom is 0.133 e. The number of fused-ring (bicyclic) bond motifs is 1.